The SMILES string of the molecule is CN(C)c1ccc([C@@H]2OC(=O)C(C)(C)C(=O)C2(C)C)cc1. The van der Waals surface area contributed by atoms with Crippen molar-refractivity contribution in [2.24, 2.45) is 10.8 Å². The first kappa shape index (κ1) is 15.5. The van der Waals surface area contributed by atoms with Crippen molar-refractivity contribution in [1.29, 1.82) is 0 Å². The number of Topliss-reactive ketones (excluding diaryl/α,β-unsaturated/α-hetero) is 1. The Morgan fingerprint density at radius 3 is 2.00 bits per heavy atom. The summed E-state index contributed by atoms with van der Waals surface area (Å²) in [6, 6.07) is 7.76. The van der Waals surface area contributed by atoms with Crippen molar-refractivity contribution in [2.45, 2.75) is 33.8 Å². The van der Waals surface area contributed by atoms with Crippen molar-refractivity contribution in [3.05, 3.63) is 29.8 Å². The summed E-state index contributed by atoms with van der Waals surface area (Å²) >= 11 is 0. The molecule has 1 heterocycles. The molecule has 1 saturated heterocycles. The predicted molar refractivity (Wildman–Crippen MR) is 82.2 cm³/mol. The number of benzene rings is 1. The largest absolute Gasteiger partial charge is 0.456 e. The molecule has 1 aromatic rings. The number of hydrogen-bond donors (Lipinski definition) is 0. The summed E-state index contributed by atoms with van der Waals surface area (Å²) in [5, 5.41) is 0. The Balaban J connectivity index is 2.39. The minimum absolute atomic E-state index is 0.0760. The Morgan fingerprint density at radius 1 is 1.00 bits per heavy atom. The lowest BCUT2D eigenvalue weighted by molar-refractivity contribution is -0.186. The number of carbonyl (C=O) groups is 2. The molecule has 1 aromatic carbocycles. The first-order chi connectivity index (χ1) is 9.58. The van der Waals surface area contributed by atoms with Crippen LogP contribution in [0.4, 0.5) is 5.69 Å². The van der Waals surface area contributed by atoms with Crippen LogP contribution in [0.1, 0.15) is 39.4 Å². The van der Waals surface area contributed by atoms with E-state index >= 15 is 0 Å². The zero-order chi connectivity index (χ0) is 16.0. The van der Waals surface area contributed by atoms with E-state index in [4.69, 9.17) is 4.74 Å². The molecule has 2 rings (SSSR count). The molecule has 0 radical (unpaired) electrons. The van der Waals surface area contributed by atoms with Gasteiger partial charge in [-0.3, -0.25) is 9.59 Å². The van der Waals surface area contributed by atoms with Gasteiger partial charge in [0, 0.05) is 19.8 Å². The number of esters is 1. The van der Waals surface area contributed by atoms with Gasteiger partial charge in [0.05, 0.1) is 5.41 Å². The van der Waals surface area contributed by atoms with Crippen LogP contribution in [0, 0.1) is 10.8 Å². The molecule has 1 aliphatic heterocycles. The molecule has 0 aliphatic carbocycles. The lowest BCUT2D eigenvalue weighted by Gasteiger charge is -2.43. The van der Waals surface area contributed by atoms with Gasteiger partial charge in [0.2, 0.25) is 0 Å². The molecule has 1 aliphatic rings. The van der Waals surface area contributed by atoms with E-state index in [9.17, 15) is 9.59 Å². The molecule has 4 nitrogen and oxygen atoms in total. The Morgan fingerprint density at radius 2 is 1.52 bits per heavy atom. The Hall–Kier alpha value is -1.84. The van der Waals surface area contributed by atoms with E-state index in [2.05, 4.69) is 0 Å². The van der Waals surface area contributed by atoms with Gasteiger partial charge >= 0.3 is 5.97 Å². The van der Waals surface area contributed by atoms with Crippen LogP contribution < -0.4 is 4.90 Å². The van der Waals surface area contributed by atoms with Gasteiger partial charge in [0.25, 0.3) is 0 Å². The summed E-state index contributed by atoms with van der Waals surface area (Å²) in [5.74, 6) is -0.526. The fourth-order valence-electron chi connectivity index (χ4n) is 2.85. The third-order valence-corrected chi connectivity index (χ3v) is 4.26. The van der Waals surface area contributed by atoms with Crippen LogP contribution in [-0.2, 0) is 14.3 Å². The summed E-state index contributed by atoms with van der Waals surface area (Å²) < 4.78 is 5.60. The van der Waals surface area contributed by atoms with E-state index in [1.54, 1.807) is 13.8 Å². The molecule has 114 valence electrons. The number of carbonyl (C=O) groups excluding carboxylic acids is 2. The van der Waals surface area contributed by atoms with Crippen LogP contribution in [0.25, 0.3) is 0 Å². The second-order valence-electron chi connectivity index (χ2n) is 6.95. The van der Waals surface area contributed by atoms with Crippen molar-refractivity contribution >= 4 is 17.4 Å². The highest BCUT2D eigenvalue weighted by Gasteiger charge is 2.55. The highest BCUT2D eigenvalue weighted by atomic mass is 16.5. The number of cyclic esters (lactones) is 1. The molecule has 0 aromatic heterocycles. The molecule has 0 spiro atoms. The summed E-state index contributed by atoms with van der Waals surface area (Å²) in [7, 11) is 3.93. The molecule has 21 heavy (non-hydrogen) atoms. The normalized spacial score (nSPS) is 23.6. The lowest BCUT2D eigenvalue weighted by Crippen LogP contribution is -2.52. The van der Waals surface area contributed by atoms with Crippen LogP contribution in [0.15, 0.2) is 24.3 Å². The van der Waals surface area contributed by atoms with E-state index in [1.807, 2.05) is 57.1 Å². The average molecular weight is 289 g/mol. The van der Waals surface area contributed by atoms with Gasteiger partial charge in [-0.25, -0.2) is 0 Å². The molecule has 0 amide bonds. The van der Waals surface area contributed by atoms with Crippen molar-refractivity contribution in [3.8, 4) is 0 Å². The maximum Gasteiger partial charge on any atom is 0.319 e. The van der Waals surface area contributed by atoms with Crippen LogP contribution in [0.3, 0.4) is 0 Å². The van der Waals surface area contributed by atoms with Gasteiger partial charge in [0.15, 0.2) is 5.78 Å². The third-order valence-electron chi connectivity index (χ3n) is 4.26. The minimum Gasteiger partial charge on any atom is -0.456 e. The van der Waals surface area contributed by atoms with Crippen molar-refractivity contribution < 1.29 is 14.3 Å². The van der Waals surface area contributed by atoms with Gasteiger partial charge < -0.3 is 9.64 Å². The molecule has 0 unspecified atom stereocenters. The monoisotopic (exact) mass is 289 g/mol. The second kappa shape index (κ2) is 4.86. The van der Waals surface area contributed by atoms with Crippen LogP contribution in [0.5, 0.6) is 0 Å². The Bertz CT molecular complexity index is 570. The minimum atomic E-state index is -1.08. The molecule has 0 N–H and O–H groups in total. The van der Waals surface area contributed by atoms with Crippen LogP contribution in [0.2, 0.25) is 0 Å². The summed E-state index contributed by atoms with van der Waals surface area (Å²) in [6.45, 7) is 6.94. The Kier molecular flexibility index (Phi) is 3.60. The average Bonchev–Trinajstić information content (AvgIpc) is 2.42. The van der Waals surface area contributed by atoms with E-state index in [0.29, 0.717) is 0 Å². The van der Waals surface area contributed by atoms with Gasteiger partial charge in [0.1, 0.15) is 11.5 Å². The maximum absolute atomic E-state index is 12.6. The molecule has 0 bridgehead atoms. The number of ether oxygens (including phenoxy) is 1. The summed E-state index contributed by atoms with van der Waals surface area (Å²) in [5.41, 5.74) is 0.0915. The number of nitrogens with zero attached hydrogens (tertiary/aromatic N) is 1. The Labute approximate surface area is 126 Å². The first-order valence-corrected chi connectivity index (χ1v) is 7.11. The highest BCUT2D eigenvalue weighted by molar-refractivity contribution is 6.07. The number of rotatable bonds is 2. The number of hydrogen-bond acceptors (Lipinski definition) is 4. The topological polar surface area (TPSA) is 46.6 Å². The van der Waals surface area contributed by atoms with Crippen LogP contribution >= 0.6 is 0 Å². The molecular formula is C17H23NO3. The zero-order valence-corrected chi connectivity index (χ0v) is 13.6. The van der Waals surface area contributed by atoms with Crippen molar-refractivity contribution in [2.75, 3.05) is 19.0 Å². The summed E-state index contributed by atoms with van der Waals surface area (Å²) in [4.78, 5) is 26.7. The second-order valence-corrected chi connectivity index (χ2v) is 6.95. The fourth-order valence-corrected chi connectivity index (χ4v) is 2.85. The highest BCUT2D eigenvalue weighted by Crippen LogP contribution is 2.47. The van der Waals surface area contributed by atoms with E-state index < -0.39 is 22.9 Å². The van der Waals surface area contributed by atoms with Gasteiger partial charge in [-0.1, -0.05) is 12.1 Å². The third kappa shape index (κ3) is 2.43. The van der Waals surface area contributed by atoms with E-state index in [1.165, 1.54) is 0 Å². The predicted octanol–water partition coefficient (Wildman–Crippen LogP) is 2.97. The molecule has 1 atom stereocenters. The smallest absolute Gasteiger partial charge is 0.319 e. The molecular weight excluding hydrogens is 266 g/mol. The maximum atomic E-state index is 12.6. The van der Waals surface area contributed by atoms with E-state index in [-0.39, 0.29) is 5.78 Å². The van der Waals surface area contributed by atoms with Crippen molar-refractivity contribution in [1.82, 2.24) is 0 Å². The number of anilines is 1. The summed E-state index contributed by atoms with van der Waals surface area (Å²) in [6.07, 6.45) is -0.540. The molecule has 1 fully saturated rings. The molecule has 4 heteroatoms. The zero-order valence-electron chi connectivity index (χ0n) is 13.6. The standard InChI is InChI=1S/C17H23NO3/c1-16(2)13(21-15(20)17(3,4)14(16)19)11-7-9-12(10-8-11)18(5)6/h7-10,13H,1-6H3/t13-/m0/s1. The lowest BCUT2D eigenvalue weighted by atomic mass is 9.67. The van der Waals surface area contributed by atoms with Crippen LogP contribution in [-0.4, -0.2) is 25.8 Å². The quantitative estimate of drug-likeness (QED) is 0.620. The number of ketones is 1. The van der Waals surface area contributed by atoms with Gasteiger partial charge in [-0.05, 0) is 45.4 Å². The van der Waals surface area contributed by atoms with Gasteiger partial charge in [-0.2, -0.15) is 0 Å². The van der Waals surface area contributed by atoms with E-state index in [0.717, 1.165) is 11.3 Å². The van der Waals surface area contributed by atoms with Crippen molar-refractivity contribution in [3.63, 3.8) is 0 Å². The van der Waals surface area contributed by atoms with Gasteiger partial charge in [-0.15, -0.1) is 0 Å². The fraction of sp³-hybridized carbons (Fsp3) is 0.529. The molecule has 0 saturated carbocycles. The first-order valence-electron chi connectivity index (χ1n) is 7.11.